The number of rotatable bonds is 11. The third-order valence-electron chi connectivity index (χ3n) is 8.88. The van der Waals surface area contributed by atoms with Crippen LogP contribution in [-0.2, 0) is 19.2 Å². The smallest absolute Gasteiger partial charge is 0.362 e. The summed E-state index contributed by atoms with van der Waals surface area (Å²) in [7, 11) is -4.68. The van der Waals surface area contributed by atoms with Gasteiger partial charge in [0.05, 0.1) is 30.4 Å². The number of anilines is 1. The average molecular weight is 717 g/mol. The molecule has 0 bridgehead atoms. The van der Waals surface area contributed by atoms with E-state index in [1.54, 1.807) is 10.9 Å². The number of nitrogen functional groups attached to an aromatic ring is 1. The van der Waals surface area contributed by atoms with Gasteiger partial charge in [0.1, 0.15) is 29.6 Å². The molecule has 18 nitrogen and oxygen atoms in total. The van der Waals surface area contributed by atoms with Gasteiger partial charge in [-0.2, -0.15) is 23.1 Å². The zero-order valence-corrected chi connectivity index (χ0v) is 29.0. The number of para-hydroxylation sites is 1. The minimum absolute atomic E-state index is 0.0349. The van der Waals surface area contributed by atoms with Crippen molar-refractivity contribution in [3.05, 3.63) is 48.0 Å². The maximum absolute atomic E-state index is 12.4. The van der Waals surface area contributed by atoms with Gasteiger partial charge in [-0.3, -0.25) is 13.5 Å². The number of aliphatic hydroxyl groups excluding tert-OH is 2. The number of carbonyl (C=O) groups excluding carboxylic acids is 1. The molecule has 1 amide bonds. The van der Waals surface area contributed by atoms with E-state index >= 15 is 0 Å². The number of aliphatic hydroxyl groups is 2. The van der Waals surface area contributed by atoms with Crippen LogP contribution in [-0.4, -0.2) is 114 Å². The second kappa shape index (κ2) is 16.2. The Morgan fingerprint density at radius 2 is 1.78 bits per heavy atom. The third kappa shape index (κ3) is 8.36. The molecule has 0 radical (unpaired) electrons. The number of nitrogens with zero attached hydrogens (tertiary/aromatic N) is 8. The number of ether oxygens (including phenoxy) is 1. The van der Waals surface area contributed by atoms with Gasteiger partial charge in [-0.05, 0) is 44.6 Å². The fourth-order valence-electron chi connectivity index (χ4n) is 5.96. The van der Waals surface area contributed by atoms with Crippen molar-refractivity contribution in [1.29, 1.82) is 0 Å². The number of imidazole rings is 1. The van der Waals surface area contributed by atoms with Gasteiger partial charge in [-0.25, -0.2) is 9.71 Å². The highest BCUT2D eigenvalue weighted by molar-refractivity contribution is 7.85. The molecule has 1 saturated heterocycles. The van der Waals surface area contributed by atoms with E-state index in [0.717, 1.165) is 31.4 Å². The third-order valence-corrected chi connectivity index (χ3v) is 9.76. The van der Waals surface area contributed by atoms with Crippen LogP contribution >= 0.6 is 0 Å². The van der Waals surface area contributed by atoms with Gasteiger partial charge in [-0.15, -0.1) is 5.10 Å². The van der Waals surface area contributed by atoms with E-state index < -0.39 is 53.1 Å². The molecule has 2 aliphatic rings. The summed E-state index contributed by atoms with van der Waals surface area (Å²) < 4.78 is 39.7. The molecule has 4 heterocycles. The molecule has 4 aromatic rings. The van der Waals surface area contributed by atoms with E-state index in [4.69, 9.17) is 14.7 Å². The van der Waals surface area contributed by atoms with E-state index in [-0.39, 0.29) is 28.5 Å². The second-order valence-electron chi connectivity index (χ2n) is 12.0. The lowest BCUT2D eigenvalue weighted by atomic mass is 9.87. The van der Waals surface area contributed by atoms with Gasteiger partial charge >= 0.3 is 10.3 Å². The first kappa shape index (κ1) is 37.0. The van der Waals surface area contributed by atoms with E-state index in [1.165, 1.54) is 65.9 Å². The summed E-state index contributed by atoms with van der Waals surface area (Å²) in [5, 5.41) is 39.7. The van der Waals surface area contributed by atoms with E-state index in [2.05, 4.69) is 50.9 Å². The SMILES string of the molecule is CCN(CC)CC.Nc1nc(-n2cc(C3CCCCC3)nn2)nc2c1ncn2[C@@H]1O[C@H](COS(=O)(=O)NC(=O)c2ccccc2O)[C@@H](O)[C@H]1O. The van der Waals surface area contributed by atoms with Gasteiger partial charge in [0.15, 0.2) is 17.7 Å². The fraction of sp³-hybridized carbons (Fsp3) is 0.548. The number of hydrogen-bond acceptors (Lipinski definition) is 15. The molecular formula is C31H44N10O8S. The van der Waals surface area contributed by atoms with Crippen LogP contribution in [0.2, 0.25) is 0 Å². The summed E-state index contributed by atoms with van der Waals surface area (Å²) in [6.45, 7) is 9.37. The molecule has 50 heavy (non-hydrogen) atoms. The zero-order valence-electron chi connectivity index (χ0n) is 28.2. The Labute approximate surface area is 289 Å². The Morgan fingerprint density at radius 1 is 1.08 bits per heavy atom. The largest absolute Gasteiger partial charge is 0.507 e. The van der Waals surface area contributed by atoms with E-state index in [1.807, 2.05) is 0 Å². The topological polar surface area (TPSA) is 246 Å². The lowest BCUT2D eigenvalue weighted by molar-refractivity contribution is -0.0468. The van der Waals surface area contributed by atoms with Crippen molar-refractivity contribution in [2.75, 3.05) is 32.0 Å². The van der Waals surface area contributed by atoms with Gasteiger partial charge < -0.3 is 30.7 Å². The highest BCUT2D eigenvalue weighted by atomic mass is 32.2. The normalized spacial score (nSPS) is 21.3. The van der Waals surface area contributed by atoms with E-state index in [9.17, 15) is 28.5 Å². The van der Waals surface area contributed by atoms with Gasteiger partial charge in [0.25, 0.3) is 11.9 Å². The second-order valence-corrected chi connectivity index (χ2v) is 13.4. The number of hydrogen-bond donors (Lipinski definition) is 5. The molecular weight excluding hydrogens is 672 g/mol. The number of benzene rings is 1. The summed E-state index contributed by atoms with van der Waals surface area (Å²) in [5.41, 5.74) is 7.07. The van der Waals surface area contributed by atoms with Gasteiger partial charge in [0, 0.05) is 5.92 Å². The van der Waals surface area contributed by atoms with Crippen LogP contribution in [0.15, 0.2) is 36.8 Å². The summed E-state index contributed by atoms with van der Waals surface area (Å²) >= 11 is 0. The van der Waals surface area contributed by atoms with Crippen LogP contribution in [0, 0.1) is 0 Å². The first-order chi connectivity index (χ1) is 24.0. The molecule has 1 saturated carbocycles. The average Bonchev–Trinajstić information content (AvgIpc) is 3.84. The quantitative estimate of drug-likeness (QED) is 0.147. The molecule has 6 N–H and O–H groups in total. The number of fused-ring (bicyclic) bond motifs is 1. The Kier molecular flexibility index (Phi) is 12.0. The van der Waals surface area contributed by atoms with Crippen molar-refractivity contribution in [3.63, 3.8) is 0 Å². The Bertz CT molecular complexity index is 1850. The number of nitrogens with two attached hydrogens (primary N) is 1. The lowest BCUT2D eigenvalue weighted by Crippen LogP contribution is -2.37. The van der Waals surface area contributed by atoms with Crippen molar-refractivity contribution in [2.45, 2.75) is 83.3 Å². The molecule has 19 heteroatoms. The van der Waals surface area contributed by atoms with Crippen molar-refractivity contribution in [1.82, 2.24) is 44.1 Å². The number of amides is 1. The molecule has 0 spiro atoms. The Balaban J connectivity index is 0.000000630. The number of phenols is 1. The molecule has 4 atom stereocenters. The molecule has 272 valence electrons. The number of nitrogens with one attached hydrogen (secondary N) is 1. The van der Waals surface area contributed by atoms with Crippen LogP contribution in [0.3, 0.4) is 0 Å². The summed E-state index contributed by atoms with van der Waals surface area (Å²) in [5.74, 6) is -1.10. The standard InChI is InChI=1S/C25H29N9O8S.C6H15N/c26-21-18-22(29-25(28-21)34-10-15(30-32-34)13-6-2-1-3-7-13)33(12-27-18)24-20(37)19(36)17(42-24)11-41-43(39,40)31-23(38)14-8-4-5-9-16(14)35;1-4-7(5-2)6-3/h4-5,8-10,12-13,17,19-20,24,35-37H,1-3,6-7,11H2,(H,31,38)(H2,26,28,29);4-6H2,1-3H3/t17-,19-,20-,24-;/m1./s1. The molecule has 2 fully saturated rings. The van der Waals surface area contributed by atoms with E-state index in [0.29, 0.717) is 5.92 Å². The fourth-order valence-corrected chi connectivity index (χ4v) is 6.67. The maximum atomic E-state index is 12.4. The molecule has 3 aromatic heterocycles. The van der Waals surface area contributed by atoms with Crippen molar-refractivity contribution in [3.8, 4) is 11.7 Å². The minimum atomic E-state index is -4.68. The summed E-state index contributed by atoms with van der Waals surface area (Å²) in [6.07, 6.45) is 2.85. The van der Waals surface area contributed by atoms with Gasteiger partial charge in [-0.1, -0.05) is 57.4 Å². The Hall–Kier alpha value is -4.27. The summed E-state index contributed by atoms with van der Waals surface area (Å²) in [6, 6.07) is 5.34. The summed E-state index contributed by atoms with van der Waals surface area (Å²) in [4.78, 5) is 27.7. The highest BCUT2D eigenvalue weighted by Crippen LogP contribution is 2.34. The minimum Gasteiger partial charge on any atom is -0.507 e. The molecule has 1 aliphatic carbocycles. The lowest BCUT2D eigenvalue weighted by Gasteiger charge is -2.18. The monoisotopic (exact) mass is 716 g/mol. The maximum Gasteiger partial charge on any atom is 0.362 e. The van der Waals surface area contributed by atoms with Crippen LogP contribution < -0.4 is 10.5 Å². The van der Waals surface area contributed by atoms with Crippen LogP contribution in [0.25, 0.3) is 17.1 Å². The number of aromatic hydroxyl groups is 1. The first-order valence-corrected chi connectivity index (χ1v) is 18.0. The molecule has 1 aliphatic heterocycles. The van der Waals surface area contributed by atoms with Gasteiger partial charge in [0.2, 0.25) is 0 Å². The van der Waals surface area contributed by atoms with Crippen LogP contribution in [0.1, 0.15) is 81.1 Å². The molecule has 6 rings (SSSR count). The number of carbonyl (C=O) groups is 1. The number of phenolic OH excluding ortho intramolecular Hbond substituents is 1. The predicted molar refractivity (Wildman–Crippen MR) is 180 cm³/mol. The Morgan fingerprint density at radius 3 is 2.44 bits per heavy atom. The highest BCUT2D eigenvalue weighted by Gasteiger charge is 2.45. The first-order valence-electron chi connectivity index (χ1n) is 16.6. The predicted octanol–water partition coefficient (Wildman–Crippen LogP) is 1.40. The van der Waals surface area contributed by atoms with Crippen molar-refractivity contribution < 1.29 is 37.5 Å². The van der Waals surface area contributed by atoms with Crippen molar-refractivity contribution >= 4 is 33.2 Å². The zero-order chi connectivity index (χ0) is 36.0. The molecule has 0 unspecified atom stereocenters. The van der Waals surface area contributed by atoms with Crippen molar-refractivity contribution in [2.24, 2.45) is 0 Å². The van der Waals surface area contributed by atoms with Crippen LogP contribution in [0.5, 0.6) is 5.75 Å². The molecule has 1 aromatic carbocycles. The van der Waals surface area contributed by atoms with Crippen LogP contribution in [0.4, 0.5) is 5.82 Å². The number of aromatic nitrogens is 7.